The van der Waals surface area contributed by atoms with E-state index in [0.717, 1.165) is 65.0 Å². The first kappa shape index (κ1) is 11.9. The van der Waals surface area contributed by atoms with Crippen LogP contribution in [0.25, 0.3) is 0 Å². The summed E-state index contributed by atoms with van der Waals surface area (Å²) in [5.74, 6) is -0.585. The fraction of sp³-hybridized carbons (Fsp3) is 0.917. The van der Waals surface area contributed by atoms with Gasteiger partial charge >= 0.3 is 5.97 Å². The van der Waals surface area contributed by atoms with Crippen LogP contribution >= 0.6 is 0 Å². The monoisotopic (exact) mass is 227 g/mol. The van der Waals surface area contributed by atoms with E-state index in [4.69, 9.17) is 4.74 Å². The third-order valence-electron chi connectivity index (χ3n) is 4.02. The minimum atomic E-state index is -0.585. The number of aliphatic carboxylic acids is 1. The molecule has 0 aromatic rings. The van der Waals surface area contributed by atoms with Crippen LogP contribution in [0.1, 0.15) is 32.1 Å². The van der Waals surface area contributed by atoms with E-state index in [2.05, 4.69) is 4.90 Å². The Balaban J connectivity index is 1.84. The third-order valence-corrected chi connectivity index (χ3v) is 4.02. The first-order valence-corrected chi connectivity index (χ1v) is 6.26. The minimum absolute atomic E-state index is 0.418. The molecule has 0 unspecified atom stereocenters. The summed E-state index contributed by atoms with van der Waals surface area (Å²) < 4.78 is 5.29. The Morgan fingerprint density at radius 2 is 1.88 bits per heavy atom. The Kier molecular flexibility index (Phi) is 3.82. The van der Waals surface area contributed by atoms with E-state index in [1.165, 1.54) is 0 Å². The van der Waals surface area contributed by atoms with Crippen molar-refractivity contribution in [1.29, 1.82) is 0 Å². The van der Waals surface area contributed by atoms with Gasteiger partial charge in [0.25, 0.3) is 0 Å². The molecule has 1 heterocycles. The van der Waals surface area contributed by atoms with E-state index in [1.807, 2.05) is 0 Å². The summed E-state index contributed by atoms with van der Waals surface area (Å²) in [5, 5.41) is 9.35. The summed E-state index contributed by atoms with van der Waals surface area (Å²) >= 11 is 0. The first-order valence-electron chi connectivity index (χ1n) is 6.26. The zero-order valence-corrected chi connectivity index (χ0v) is 9.78. The number of morpholine rings is 1. The molecule has 0 spiro atoms. The number of nitrogens with zero attached hydrogens (tertiary/aromatic N) is 1. The van der Waals surface area contributed by atoms with Gasteiger partial charge < -0.3 is 9.84 Å². The van der Waals surface area contributed by atoms with Crippen molar-refractivity contribution in [3.8, 4) is 0 Å². The molecule has 0 amide bonds. The number of hydrogen-bond acceptors (Lipinski definition) is 3. The van der Waals surface area contributed by atoms with E-state index in [0.29, 0.717) is 0 Å². The summed E-state index contributed by atoms with van der Waals surface area (Å²) in [6.07, 6.45) is 4.70. The maximum Gasteiger partial charge on any atom is 0.309 e. The number of carbonyl (C=O) groups is 1. The van der Waals surface area contributed by atoms with Crippen molar-refractivity contribution in [1.82, 2.24) is 4.90 Å². The average molecular weight is 227 g/mol. The molecular formula is C12H21NO3. The Morgan fingerprint density at radius 1 is 1.25 bits per heavy atom. The van der Waals surface area contributed by atoms with Crippen LogP contribution in [0.2, 0.25) is 0 Å². The molecule has 1 N–H and O–H groups in total. The number of hydrogen-bond donors (Lipinski definition) is 1. The van der Waals surface area contributed by atoms with Crippen molar-refractivity contribution < 1.29 is 14.6 Å². The molecule has 1 saturated heterocycles. The van der Waals surface area contributed by atoms with E-state index in [9.17, 15) is 9.90 Å². The number of ether oxygens (including phenoxy) is 1. The molecule has 2 rings (SSSR count). The molecule has 1 aliphatic heterocycles. The predicted octanol–water partition coefficient (Wildman–Crippen LogP) is 1.35. The second-order valence-electron chi connectivity index (χ2n) is 5.00. The van der Waals surface area contributed by atoms with Crippen molar-refractivity contribution in [3.63, 3.8) is 0 Å². The Hall–Kier alpha value is -0.610. The third kappa shape index (κ3) is 2.55. The molecule has 0 aromatic heterocycles. The molecule has 0 aromatic carbocycles. The van der Waals surface area contributed by atoms with E-state index >= 15 is 0 Å². The molecule has 2 fully saturated rings. The molecular weight excluding hydrogens is 206 g/mol. The van der Waals surface area contributed by atoms with Gasteiger partial charge in [-0.3, -0.25) is 9.69 Å². The zero-order valence-electron chi connectivity index (χ0n) is 9.78. The standard InChI is InChI=1S/C12H21NO3/c14-11(15)12(3-1-2-4-12)5-6-13-7-9-16-10-8-13/h1-10H2,(H,14,15). The number of carboxylic acids is 1. The van der Waals surface area contributed by atoms with Crippen LogP contribution in [0, 0.1) is 5.41 Å². The molecule has 92 valence electrons. The molecule has 0 atom stereocenters. The lowest BCUT2D eigenvalue weighted by molar-refractivity contribution is -0.149. The van der Waals surface area contributed by atoms with Gasteiger partial charge in [-0.1, -0.05) is 12.8 Å². The van der Waals surface area contributed by atoms with E-state index in [-0.39, 0.29) is 0 Å². The Bertz CT molecular complexity index is 243. The highest BCUT2D eigenvalue weighted by molar-refractivity contribution is 5.74. The molecule has 1 aliphatic carbocycles. The van der Waals surface area contributed by atoms with E-state index < -0.39 is 11.4 Å². The average Bonchev–Trinajstić information content (AvgIpc) is 2.78. The predicted molar refractivity (Wildman–Crippen MR) is 60.4 cm³/mol. The SMILES string of the molecule is O=C(O)C1(CCN2CCOCC2)CCCC1. The van der Waals surface area contributed by atoms with Crippen molar-refractivity contribution in [2.45, 2.75) is 32.1 Å². The minimum Gasteiger partial charge on any atom is -0.481 e. The van der Waals surface area contributed by atoms with Gasteiger partial charge in [-0.25, -0.2) is 0 Å². The van der Waals surface area contributed by atoms with Crippen molar-refractivity contribution in [2.24, 2.45) is 5.41 Å². The molecule has 0 bridgehead atoms. The molecule has 2 aliphatic rings. The molecule has 16 heavy (non-hydrogen) atoms. The summed E-state index contributed by atoms with van der Waals surface area (Å²) in [4.78, 5) is 13.7. The van der Waals surface area contributed by atoms with Crippen LogP contribution < -0.4 is 0 Å². The summed E-state index contributed by atoms with van der Waals surface area (Å²) in [6, 6.07) is 0. The van der Waals surface area contributed by atoms with Crippen LogP contribution in [0.3, 0.4) is 0 Å². The highest BCUT2D eigenvalue weighted by Gasteiger charge is 2.41. The van der Waals surface area contributed by atoms with Crippen LogP contribution in [-0.2, 0) is 9.53 Å². The highest BCUT2D eigenvalue weighted by Crippen LogP contribution is 2.41. The van der Waals surface area contributed by atoms with Gasteiger partial charge in [0.1, 0.15) is 0 Å². The molecule has 0 radical (unpaired) electrons. The maximum absolute atomic E-state index is 11.4. The van der Waals surface area contributed by atoms with Crippen LogP contribution in [0.5, 0.6) is 0 Å². The normalized spacial score (nSPS) is 25.8. The van der Waals surface area contributed by atoms with Gasteiger partial charge in [-0.15, -0.1) is 0 Å². The fourth-order valence-electron chi connectivity index (χ4n) is 2.82. The van der Waals surface area contributed by atoms with Crippen molar-refractivity contribution in [2.75, 3.05) is 32.8 Å². The van der Waals surface area contributed by atoms with Crippen molar-refractivity contribution >= 4 is 5.97 Å². The summed E-state index contributed by atoms with van der Waals surface area (Å²) in [7, 11) is 0. The van der Waals surface area contributed by atoms with Gasteiger partial charge in [-0.05, 0) is 25.8 Å². The van der Waals surface area contributed by atoms with E-state index in [1.54, 1.807) is 0 Å². The maximum atomic E-state index is 11.4. The Labute approximate surface area is 96.6 Å². The smallest absolute Gasteiger partial charge is 0.309 e. The molecule has 4 nitrogen and oxygen atoms in total. The van der Waals surface area contributed by atoms with Gasteiger partial charge in [0, 0.05) is 13.1 Å². The first-order chi connectivity index (χ1) is 7.73. The molecule has 4 heteroatoms. The fourth-order valence-corrected chi connectivity index (χ4v) is 2.82. The lowest BCUT2D eigenvalue weighted by Gasteiger charge is -2.31. The largest absolute Gasteiger partial charge is 0.481 e. The van der Waals surface area contributed by atoms with Crippen LogP contribution in [-0.4, -0.2) is 48.8 Å². The van der Waals surface area contributed by atoms with Gasteiger partial charge in [0.2, 0.25) is 0 Å². The quantitative estimate of drug-likeness (QED) is 0.787. The number of rotatable bonds is 4. The van der Waals surface area contributed by atoms with Gasteiger partial charge in [0.05, 0.1) is 18.6 Å². The number of carboxylic acid groups (broad SMARTS) is 1. The lowest BCUT2D eigenvalue weighted by Crippen LogP contribution is -2.40. The lowest BCUT2D eigenvalue weighted by atomic mass is 9.82. The topological polar surface area (TPSA) is 49.8 Å². The Morgan fingerprint density at radius 3 is 2.44 bits per heavy atom. The van der Waals surface area contributed by atoms with Crippen LogP contribution in [0.4, 0.5) is 0 Å². The second kappa shape index (κ2) is 5.15. The second-order valence-corrected chi connectivity index (χ2v) is 5.00. The zero-order chi connectivity index (χ0) is 11.4. The molecule has 1 saturated carbocycles. The highest BCUT2D eigenvalue weighted by atomic mass is 16.5. The van der Waals surface area contributed by atoms with Crippen LogP contribution in [0.15, 0.2) is 0 Å². The summed E-state index contributed by atoms with van der Waals surface area (Å²) in [6.45, 7) is 4.40. The van der Waals surface area contributed by atoms with Gasteiger partial charge in [0.15, 0.2) is 0 Å². The van der Waals surface area contributed by atoms with Crippen molar-refractivity contribution in [3.05, 3.63) is 0 Å². The summed E-state index contributed by atoms with van der Waals surface area (Å²) in [5.41, 5.74) is -0.418. The van der Waals surface area contributed by atoms with Gasteiger partial charge in [-0.2, -0.15) is 0 Å².